The molecule has 50 heavy (non-hydrogen) atoms. The van der Waals surface area contributed by atoms with Crippen LogP contribution in [-0.4, -0.2) is 6.71 Å². The van der Waals surface area contributed by atoms with Crippen molar-refractivity contribution >= 4 is 57.2 Å². The maximum absolute atomic E-state index is 2.61. The highest BCUT2D eigenvalue weighted by atomic mass is 15.2. The standard InChI is InChI=1S/C47H37BN2/c1-47(2)39-22-12-13-23-41(39)48-42-29-34(32-15-6-3-7-16-32)26-28-44(42)50(43-24-14-17-33-25-27-38(33)43)45-31-37(30-40(47)46(45)48)49(35-18-8-4-9-19-35)36-20-10-5-11-21-36/h3-24,26,28-31H,25,27H2,1-2H3. The zero-order valence-electron chi connectivity index (χ0n) is 28.5. The molecule has 3 aliphatic rings. The van der Waals surface area contributed by atoms with E-state index in [1.807, 2.05) is 0 Å². The highest BCUT2D eigenvalue weighted by Crippen LogP contribution is 2.48. The van der Waals surface area contributed by atoms with E-state index < -0.39 is 0 Å². The zero-order valence-corrected chi connectivity index (χ0v) is 28.5. The Morgan fingerprint density at radius 1 is 0.500 bits per heavy atom. The second kappa shape index (κ2) is 11.1. The van der Waals surface area contributed by atoms with E-state index in [0.717, 1.165) is 24.2 Å². The zero-order chi connectivity index (χ0) is 33.4. The fraction of sp³-hybridized carbons (Fsp3) is 0.106. The van der Waals surface area contributed by atoms with Crippen molar-refractivity contribution in [2.75, 3.05) is 9.80 Å². The fourth-order valence-corrected chi connectivity index (χ4v) is 8.93. The summed E-state index contributed by atoms with van der Waals surface area (Å²) in [6.07, 6.45) is 2.26. The Balaban J connectivity index is 1.31. The summed E-state index contributed by atoms with van der Waals surface area (Å²) in [5.74, 6) is 0. The first-order chi connectivity index (χ1) is 24.6. The number of benzene rings is 7. The minimum absolute atomic E-state index is 0.115. The normalized spacial score (nSPS) is 14.5. The number of hydrogen-bond donors (Lipinski definition) is 0. The van der Waals surface area contributed by atoms with E-state index in [4.69, 9.17) is 0 Å². The monoisotopic (exact) mass is 640 g/mol. The van der Waals surface area contributed by atoms with E-state index in [1.165, 1.54) is 72.5 Å². The highest BCUT2D eigenvalue weighted by Gasteiger charge is 2.47. The van der Waals surface area contributed by atoms with Crippen LogP contribution in [0.2, 0.25) is 0 Å². The molecule has 0 fully saturated rings. The number of anilines is 6. The predicted molar refractivity (Wildman–Crippen MR) is 212 cm³/mol. The Bertz CT molecular complexity index is 2380. The van der Waals surface area contributed by atoms with Crippen LogP contribution < -0.4 is 26.2 Å². The van der Waals surface area contributed by atoms with Gasteiger partial charge in [-0.1, -0.05) is 135 Å². The van der Waals surface area contributed by atoms with Crippen molar-refractivity contribution in [1.82, 2.24) is 0 Å². The molecule has 1 aliphatic carbocycles. The number of aryl methyl sites for hydroxylation is 1. The van der Waals surface area contributed by atoms with Crippen molar-refractivity contribution in [3.63, 3.8) is 0 Å². The van der Waals surface area contributed by atoms with E-state index in [-0.39, 0.29) is 12.1 Å². The van der Waals surface area contributed by atoms with Gasteiger partial charge in [-0.2, -0.15) is 0 Å². The van der Waals surface area contributed by atoms with Crippen LogP contribution in [0.5, 0.6) is 0 Å². The van der Waals surface area contributed by atoms with E-state index >= 15 is 0 Å². The molecule has 3 heteroatoms. The molecule has 7 aromatic carbocycles. The molecule has 0 saturated carbocycles. The summed E-state index contributed by atoms with van der Waals surface area (Å²) in [7, 11) is 0. The molecule has 2 aliphatic heterocycles. The number of rotatable bonds is 5. The molecule has 0 N–H and O–H groups in total. The van der Waals surface area contributed by atoms with E-state index in [0.29, 0.717) is 0 Å². The lowest BCUT2D eigenvalue weighted by Crippen LogP contribution is -2.64. The van der Waals surface area contributed by atoms with Crippen molar-refractivity contribution in [3.8, 4) is 11.1 Å². The van der Waals surface area contributed by atoms with E-state index in [9.17, 15) is 0 Å². The molecule has 10 rings (SSSR count). The second-order valence-corrected chi connectivity index (χ2v) is 14.5. The van der Waals surface area contributed by atoms with Gasteiger partial charge in [-0.15, -0.1) is 0 Å². The summed E-state index contributed by atoms with van der Waals surface area (Å²) >= 11 is 0. The van der Waals surface area contributed by atoms with Crippen molar-refractivity contribution in [3.05, 3.63) is 186 Å². The maximum atomic E-state index is 2.61. The Morgan fingerprint density at radius 3 is 1.88 bits per heavy atom. The minimum atomic E-state index is -0.214. The molecule has 238 valence electrons. The fourth-order valence-electron chi connectivity index (χ4n) is 8.93. The van der Waals surface area contributed by atoms with Crippen molar-refractivity contribution in [1.29, 1.82) is 0 Å². The van der Waals surface area contributed by atoms with E-state index in [1.54, 1.807) is 0 Å². The average Bonchev–Trinajstić information content (AvgIpc) is 3.15. The topological polar surface area (TPSA) is 6.48 Å². The molecular formula is C47H37BN2. The van der Waals surface area contributed by atoms with Gasteiger partial charge in [0.05, 0.1) is 0 Å². The third kappa shape index (κ3) is 4.29. The summed E-state index contributed by atoms with van der Waals surface area (Å²) < 4.78 is 0. The second-order valence-electron chi connectivity index (χ2n) is 14.5. The summed E-state index contributed by atoms with van der Waals surface area (Å²) in [6.45, 7) is 4.96. The lowest BCUT2D eigenvalue weighted by atomic mass is 9.30. The molecule has 0 radical (unpaired) electrons. The first-order valence-electron chi connectivity index (χ1n) is 17.9. The Kier molecular flexibility index (Phi) is 6.48. The van der Waals surface area contributed by atoms with Crippen molar-refractivity contribution < 1.29 is 0 Å². The number of fused-ring (bicyclic) bond motifs is 5. The number of hydrogen-bond acceptors (Lipinski definition) is 2. The third-order valence-corrected chi connectivity index (χ3v) is 11.4. The lowest BCUT2D eigenvalue weighted by molar-refractivity contribution is 0.646. The SMILES string of the molecule is CC1(C)c2ccccc2B2c3cc(-c4ccccc4)ccc3N(c3cccc4c3CC4)c3cc(N(c4ccccc4)c4ccccc4)cc1c32. The molecule has 0 bridgehead atoms. The van der Waals surface area contributed by atoms with Crippen molar-refractivity contribution in [2.24, 2.45) is 0 Å². The van der Waals surface area contributed by atoms with Gasteiger partial charge in [0.15, 0.2) is 0 Å². The van der Waals surface area contributed by atoms with Gasteiger partial charge < -0.3 is 9.80 Å². The Hall–Kier alpha value is -5.80. The van der Waals surface area contributed by atoms with Crippen LogP contribution in [0.4, 0.5) is 34.1 Å². The van der Waals surface area contributed by atoms with Crippen LogP contribution >= 0.6 is 0 Å². The first kappa shape index (κ1) is 29.1. The summed E-state index contributed by atoms with van der Waals surface area (Å²) in [6, 6.07) is 60.8. The highest BCUT2D eigenvalue weighted by molar-refractivity contribution is 6.99. The van der Waals surface area contributed by atoms with Crippen LogP contribution in [0.15, 0.2) is 164 Å². The summed E-state index contributed by atoms with van der Waals surface area (Å²) in [5.41, 5.74) is 19.6. The van der Waals surface area contributed by atoms with Gasteiger partial charge in [0, 0.05) is 39.5 Å². The van der Waals surface area contributed by atoms with Crippen LogP contribution in [0.3, 0.4) is 0 Å². The van der Waals surface area contributed by atoms with Gasteiger partial charge >= 0.3 is 0 Å². The minimum Gasteiger partial charge on any atom is -0.311 e. The Labute approximate surface area is 295 Å². The molecule has 0 atom stereocenters. The largest absolute Gasteiger partial charge is 0.311 e. The summed E-state index contributed by atoms with van der Waals surface area (Å²) in [5, 5.41) is 0. The van der Waals surface area contributed by atoms with Crippen LogP contribution in [0, 0.1) is 0 Å². The third-order valence-electron chi connectivity index (χ3n) is 11.4. The van der Waals surface area contributed by atoms with Gasteiger partial charge in [-0.25, -0.2) is 0 Å². The maximum Gasteiger partial charge on any atom is 0.247 e. The molecule has 0 aromatic heterocycles. The molecule has 0 saturated heterocycles. The quantitative estimate of drug-likeness (QED) is 0.173. The number of para-hydroxylation sites is 2. The van der Waals surface area contributed by atoms with E-state index in [2.05, 4.69) is 187 Å². The van der Waals surface area contributed by atoms with Gasteiger partial charge in [0.2, 0.25) is 6.71 Å². The Morgan fingerprint density at radius 2 is 1.18 bits per heavy atom. The van der Waals surface area contributed by atoms with Crippen LogP contribution in [-0.2, 0) is 18.3 Å². The molecule has 0 unspecified atom stereocenters. The van der Waals surface area contributed by atoms with Gasteiger partial charge in [0.25, 0.3) is 0 Å². The van der Waals surface area contributed by atoms with Gasteiger partial charge in [-0.3, -0.25) is 0 Å². The van der Waals surface area contributed by atoms with Gasteiger partial charge in [-0.05, 0) is 106 Å². The molecular weight excluding hydrogens is 603 g/mol. The smallest absolute Gasteiger partial charge is 0.247 e. The molecule has 0 spiro atoms. The lowest BCUT2D eigenvalue weighted by Gasteiger charge is -2.47. The predicted octanol–water partition coefficient (Wildman–Crippen LogP) is 9.86. The molecule has 0 amide bonds. The number of nitrogens with zero attached hydrogens (tertiary/aromatic N) is 2. The molecule has 2 nitrogen and oxygen atoms in total. The van der Waals surface area contributed by atoms with Crippen LogP contribution in [0.25, 0.3) is 11.1 Å². The molecule has 7 aromatic rings. The average molecular weight is 641 g/mol. The first-order valence-corrected chi connectivity index (χ1v) is 17.9. The molecule has 2 heterocycles. The van der Waals surface area contributed by atoms with Crippen molar-refractivity contribution in [2.45, 2.75) is 32.1 Å². The van der Waals surface area contributed by atoms with Gasteiger partial charge in [0.1, 0.15) is 0 Å². The van der Waals surface area contributed by atoms with Crippen LogP contribution in [0.1, 0.15) is 36.1 Å². The summed E-state index contributed by atoms with van der Waals surface area (Å²) in [4.78, 5) is 5.04.